The van der Waals surface area contributed by atoms with E-state index in [0.717, 1.165) is 55.5 Å². The van der Waals surface area contributed by atoms with Crippen LogP contribution in [0.1, 0.15) is 21.9 Å². The third-order valence-electron chi connectivity index (χ3n) is 3.88. The molecule has 0 radical (unpaired) electrons. The number of aromatic amines is 1. The molecule has 23 heavy (non-hydrogen) atoms. The van der Waals surface area contributed by atoms with Crippen LogP contribution in [0.2, 0.25) is 0 Å². The fraction of sp³-hybridized carbons (Fsp3) is 0.500. The van der Waals surface area contributed by atoms with Gasteiger partial charge >= 0.3 is 0 Å². The summed E-state index contributed by atoms with van der Waals surface area (Å²) in [5, 5.41) is 5.99. The second-order valence-electron chi connectivity index (χ2n) is 5.62. The van der Waals surface area contributed by atoms with E-state index >= 15 is 0 Å². The van der Waals surface area contributed by atoms with Crippen LogP contribution in [0, 0.1) is 6.92 Å². The van der Waals surface area contributed by atoms with Crippen LogP contribution in [0.5, 0.6) is 0 Å². The second kappa shape index (κ2) is 7.72. The van der Waals surface area contributed by atoms with Gasteiger partial charge in [-0.3, -0.25) is 9.69 Å². The first-order valence-corrected chi connectivity index (χ1v) is 8.79. The fourth-order valence-corrected chi connectivity index (χ4v) is 3.22. The Hall–Kier alpha value is -1.70. The molecule has 1 aliphatic heterocycles. The number of hydrogen-bond donors (Lipinski definition) is 2. The van der Waals surface area contributed by atoms with Crippen molar-refractivity contribution in [2.75, 3.05) is 39.4 Å². The lowest BCUT2D eigenvalue weighted by molar-refractivity contribution is 0.0374. The third kappa shape index (κ3) is 4.40. The maximum absolute atomic E-state index is 12.2. The van der Waals surface area contributed by atoms with Crippen molar-refractivity contribution in [3.8, 4) is 11.3 Å². The predicted octanol–water partition coefficient (Wildman–Crippen LogP) is 1.90. The van der Waals surface area contributed by atoms with Crippen molar-refractivity contribution >= 4 is 17.2 Å². The van der Waals surface area contributed by atoms with Crippen LogP contribution in [0.15, 0.2) is 17.6 Å². The minimum Gasteiger partial charge on any atom is -0.379 e. The molecule has 0 spiro atoms. The van der Waals surface area contributed by atoms with Crippen LogP contribution < -0.4 is 5.32 Å². The molecule has 1 amide bonds. The monoisotopic (exact) mass is 334 g/mol. The number of rotatable bonds is 6. The van der Waals surface area contributed by atoms with E-state index < -0.39 is 0 Å². The quantitative estimate of drug-likeness (QED) is 0.792. The molecule has 0 aliphatic carbocycles. The molecule has 2 N–H and O–H groups in total. The smallest absolute Gasteiger partial charge is 0.267 e. The highest BCUT2D eigenvalue weighted by Gasteiger charge is 2.12. The average molecular weight is 334 g/mol. The summed E-state index contributed by atoms with van der Waals surface area (Å²) >= 11 is 1.61. The number of carbonyl (C=O) groups is 1. The van der Waals surface area contributed by atoms with Crippen molar-refractivity contribution in [1.29, 1.82) is 0 Å². The molecule has 2 aromatic rings. The molecule has 1 saturated heterocycles. The number of aromatic nitrogens is 2. The topological polar surface area (TPSA) is 70.2 Å². The van der Waals surface area contributed by atoms with Gasteiger partial charge in [-0.15, -0.1) is 11.3 Å². The molecule has 0 aromatic carbocycles. The molecular weight excluding hydrogens is 312 g/mol. The Morgan fingerprint density at radius 3 is 3.04 bits per heavy atom. The number of H-pyrrole nitrogens is 1. The van der Waals surface area contributed by atoms with Gasteiger partial charge in [0.2, 0.25) is 0 Å². The molecule has 1 aliphatic rings. The van der Waals surface area contributed by atoms with Crippen molar-refractivity contribution in [3.63, 3.8) is 0 Å². The second-order valence-corrected chi connectivity index (χ2v) is 6.68. The Kier molecular flexibility index (Phi) is 5.43. The Morgan fingerprint density at radius 2 is 2.30 bits per heavy atom. The molecule has 0 saturated carbocycles. The number of nitrogens with one attached hydrogen (secondary N) is 2. The SMILES string of the molecule is Cc1nc(-c2c[nH]c(C(=O)NCCCN3CCOCC3)c2)cs1. The Labute approximate surface area is 139 Å². The number of carbonyl (C=O) groups excluding carboxylic acids is 1. The molecule has 1 fully saturated rings. The average Bonchev–Trinajstić information content (AvgIpc) is 3.21. The van der Waals surface area contributed by atoms with Crippen molar-refractivity contribution in [2.24, 2.45) is 0 Å². The Balaban J connectivity index is 1.44. The highest BCUT2D eigenvalue weighted by molar-refractivity contribution is 7.09. The standard InChI is InChI=1S/C16H22N4O2S/c1-12-19-15(11-23-12)13-9-14(18-10-13)16(21)17-3-2-4-20-5-7-22-8-6-20/h9-11,18H,2-8H2,1H3,(H,17,21). The summed E-state index contributed by atoms with van der Waals surface area (Å²) in [7, 11) is 0. The molecule has 124 valence electrons. The number of ether oxygens (including phenoxy) is 1. The first kappa shape index (κ1) is 16.2. The largest absolute Gasteiger partial charge is 0.379 e. The highest BCUT2D eigenvalue weighted by Crippen LogP contribution is 2.22. The van der Waals surface area contributed by atoms with Crippen LogP contribution in [0.4, 0.5) is 0 Å². The molecule has 3 heterocycles. The van der Waals surface area contributed by atoms with Gasteiger partial charge in [0.05, 0.1) is 23.9 Å². The maximum atomic E-state index is 12.2. The van der Waals surface area contributed by atoms with E-state index in [0.29, 0.717) is 12.2 Å². The molecule has 7 heteroatoms. The van der Waals surface area contributed by atoms with E-state index in [4.69, 9.17) is 4.74 Å². The van der Waals surface area contributed by atoms with E-state index in [1.807, 2.05) is 24.6 Å². The predicted molar refractivity (Wildman–Crippen MR) is 90.8 cm³/mol. The van der Waals surface area contributed by atoms with E-state index in [2.05, 4.69) is 20.2 Å². The van der Waals surface area contributed by atoms with Crippen molar-refractivity contribution in [1.82, 2.24) is 20.2 Å². The van der Waals surface area contributed by atoms with Crippen molar-refractivity contribution in [2.45, 2.75) is 13.3 Å². The molecule has 3 rings (SSSR count). The normalized spacial score (nSPS) is 15.7. The summed E-state index contributed by atoms with van der Waals surface area (Å²) in [6.07, 6.45) is 2.78. The van der Waals surface area contributed by atoms with Crippen LogP contribution >= 0.6 is 11.3 Å². The first-order chi connectivity index (χ1) is 11.2. The van der Waals surface area contributed by atoms with E-state index in [1.54, 1.807) is 11.3 Å². The number of hydrogen-bond acceptors (Lipinski definition) is 5. The summed E-state index contributed by atoms with van der Waals surface area (Å²) in [6, 6.07) is 1.85. The fourth-order valence-electron chi connectivity index (χ4n) is 2.59. The molecule has 2 aromatic heterocycles. The summed E-state index contributed by atoms with van der Waals surface area (Å²) in [4.78, 5) is 22.0. The van der Waals surface area contributed by atoms with Gasteiger partial charge in [0.15, 0.2) is 0 Å². The minimum absolute atomic E-state index is 0.0646. The maximum Gasteiger partial charge on any atom is 0.267 e. The van der Waals surface area contributed by atoms with Gasteiger partial charge in [-0.2, -0.15) is 0 Å². The number of thiazole rings is 1. The summed E-state index contributed by atoms with van der Waals surface area (Å²) in [5.74, 6) is -0.0646. The van der Waals surface area contributed by atoms with Crippen LogP contribution in [0.3, 0.4) is 0 Å². The lowest BCUT2D eigenvalue weighted by Gasteiger charge is -2.26. The van der Waals surface area contributed by atoms with Crippen LogP contribution in [0.25, 0.3) is 11.3 Å². The van der Waals surface area contributed by atoms with Gasteiger partial charge in [0.1, 0.15) is 5.69 Å². The zero-order valence-electron chi connectivity index (χ0n) is 13.3. The molecule has 0 unspecified atom stereocenters. The van der Waals surface area contributed by atoms with E-state index in [-0.39, 0.29) is 5.91 Å². The lowest BCUT2D eigenvalue weighted by atomic mass is 10.2. The Morgan fingerprint density at radius 1 is 1.48 bits per heavy atom. The molecule has 6 nitrogen and oxygen atoms in total. The minimum atomic E-state index is -0.0646. The summed E-state index contributed by atoms with van der Waals surface area (Å²) < 4.78 is 5.32. The highest BCUT2D eigenvalue weighted by atomic mass is 32.1. The van der Waals surface area contributed by atoms with Crippen molar-refractivity contribution in [3.05, 3.63) is 28.3 Å². The van der Waals surface area contributed by atoms with Gasteiger partial charge in [0.25, 0.3) is 5.91 Å². The molecule has 0 bridgehead atoms. The van der Waals surface area contributed by atoms with Crippen LogP contribution in [-0.4, -0.2) is 60.2 Å². The summed E-state index contributed by atoms with van der Waals surface area (Å²) in [6.45, 7) is 7.25. The number of aryl methyl sites for hydroxylation is 1. The van der Waals surface area contributed by atoms with Crippen molar-refractivity contribution < 1.29 is 9.53 Å². The van der Waals surface area contributed by atoms with Gasteiger partial charge in [0, 0.05) is 36.8 Å². The number of amides is 1. The molecule has 0 atom stereocenters. The van der Waals surface area contributed by atoms with Gasteiger partial charge in [-0.1, -0.05) is 0 Å². The Bertz CT molecular complexity index is 646. The van der Waals surface area contributed by atoms with Crippen LogP contribution in [-0.2, 0) is 4.74 Å². The lowest BCUT2D eigenvalue weighted by Crippen LogP contribution is -2.38. The van der Waals surface area contributed by atoms with Gasteiger partial charge in [-0.05, 0) is 26.0 Å². The number of morpholine rings is 1. The van der Waals surface area contributed by atoms with E-state index in [1.165, 1.54) is 0 Å². The first-order valence-electron chi connectivity index (χ1n) is 7.91. The molecular formula is C16H22N4O2S. The summed E-state index contributed by atoms with van der Waals surface area (Å²) in [5.41, 5.74) is 2.44. The van der Waals surface area contributed by atoms with Gasteiger partial charge < -0.3 is 15.0 Å². The number of nitrogens with zero attached hydrogens (tertiary/aromatic N) is 2. The zero-order valence-corrected chi connectivity index (χ0v) is 14.1. The van der Waals surface area contributed by atoms with Gasteiger partial charge in [-0.25, -0.2) is 4.98 Å². The third-order valence-corrected chi connectivity index (χ3v) is 4.66. The zero-order chi connectivity index (χ0) is 16.1. The van der Waals surface area contributed by atoms with E-state index in [9.17, 15) is 4.79 Å².